The van der Waals surface area contributed by atoms with Gasteiger partial charge in [0.05, 0.1) is 11.3 Å². The minimum atomic E-state index is -4.33. The van der Waals surface area contributed by atoms with E-state index in [4.69, 9.17) is 0 Å². The molecule has 2 saturated carbocycles. The number of hydrogen-bond donors (Lipinski definition) is 1. The number of nitrogens with one attached hydrogen (secondary N) is 1. The minimum absolute atomic E-state index is 0.479. The maximum atomic E-state index is 12.9. The molecule has 144 valence electrons. The fourth-order valence-corrected chi connectivity index (χ4v) is 4.13. The second-order valence-corrected chi connectivity index (χ2v) is 8.13. The lowest BCUT2D eigenvalue weighted by atomic mass is 9.87. The van der Waals surface area contributed by atoms with Crippen LogP contribution in [0.1, 0.15) is 56.1 Å². The van der Waals surface area contributed by atoms with Gasteiger partial charge in [0.1, 0.15) is 0 Å². The van der Waals surface area contributed by atoms with Gasteiger partial charge in [-0.05, 0) is 61.8 Å². The van der Waals surface area contributed by atoms with Gasteiger partial charge in [-0.15, -0.1) is 0 Å². The summed E-state index contributed by atoms with van der Waals surface area (Å²) in [5.74, 6) is 1.33. The molecule has 0 spiro atoms. The molecule has 1 aromatic carbocycles. The van der Waals surface area contributed by atoms with E-state index in [9.17, 15) is 13.2 Å². The molecule has 0 saturated heterocycles. The lowest BCUT2D eigenvalue weighted by Gasteiger charge is -2.27. The summed E-state index contributed by atoms with van der Waals surface area (Å²) in [6, 6.07) is 10.3. The normalized spacial score (nSPS) is 28.1. The number of hydrogen-bond acceptors (Lipinski definition) is 2. The summed E-state index contributed by atoms with van der Waals surface area (Å²) in [5.41, 5.74) is 1.61. The maximum Gasteiger partial charge on any atom is 0.416 e. The van der Waals surface area contributed by atoms with Crippen molar-refractivity contribution in [2.24, 2.45) is 5.92 Å². The van der Waals surface area contributed by atoms with E-state index >= 15 is 0 Å². The molecule has 4 rings (SSSR count). The van der Waals surface area contributed by atoms with Crippen LogP contribution in [-0.2, 0) is 6.18 Å². The Morgan fingerprint density at radius 3 is 2.48 bits per heavy atom. The molecule has 1 aromatic heterocycles. The number of nitrogens with zero attached hydrogens (tertiary/aromatic N) is 1. The Bertz CT molecular complexity index is 777. The number of aromatic nitrogens is 1. The standard InChI is InChI=1S/C22H25F3N2/c1-14-5-8-18(9-6-14)27-21-12-19(21)16-7-10-20(26-13-16)15-3-2-4-17(11-15)22(23,24)25/h2-4,7,10-11,13-14,18-19,21,27H,5-6,8-9,12H2,1H3. The summed E-state index contributed by atoms with van der Waals surface area (Å²) in [5, 5.41) is 3.78. The highest BCUT2D eigenvalue weighted by molar-refractivity contribution is 5.60. The minimum Gasteiger partial charge on any atom is -0.311 e. The smallest absolute Gasteiger partial charge is 0.311 e. The molecule has 2 aliphatic carbocycles. The van der Waals surface area contributed by atoms with Crippen molar-refractivity contribution in [3.05, 3.63) is 53.7 Å². The third-order valence-corrected chi connectivity index (χ3v) is 5.96. The molecule has 0 bridgehead atoms. The van der Waals surface area contributed by atoms with Gasteiger partial charge in [0.2, 0.25) is 0 Å². The summed E-state index contributed by atoms with van der Waals surface area (Å²) < 4.78 is 38.7. The summed E-state index contributed by atoms with van der Waals surface area (Å²) in [6.07, 6.45) is 3.75. The first kappa shape index (κ1) is 18.5. The van der Waals surface area contributed by atoms with E-state index < -0.39 is 11.7 Å². The second-order valence-electron chi connectivity index (χ2n) is 8.13. The number of alkyl halides is 3. The lowest BCUT2D eigenvalue weighted by molar-refractivity contribution is -0.137. The first-order valence-electron chi connectivity index (χ1n) is 9.80. The molecule has 1 N–H and O–H groups in total. The molecular weight excluding hydrogens is 349 g/mol. The van der Waals surface area contributed by atoms with Crippen LogP contribution in [0.25, 0.3) is 11.3 Å². The third kappa shape index (κ3) is 4.34. The Labute approximate surface area is 158 Å². The van der Waals surface area contributed by atoms with Crippen molar-refractivity contribution in [1.29, 1.82) is 0 Å². The van der Waals surface area contributed by atoms with Crippen LogP contribution in [0.4, 0.5) is 13.2 Å². The summed E-state index contributed by atoms with van der Waals surface area (Å²) in [7, 11) is 0. The van der Waals surface area contributed by atoms with Gasteiger partial charge in [0.15, 0.2) is 0 Å². The van der Waals surface area contributed by atoms with Gasteiger partial charge in [-0.3, -0.25) is 4.98 Å². The number of benzene rings is 1. The molecule has 0 aliphatic heterocycles. The predicted octanol–water partition coefficient (Wildman–Crippen LogP) is 5.79. The molecule has 2 aromatic rings. The molecule has 5 heteroatoms. The Hall–Kier alpha value is -1.88. The van der Waals surface area contributed by atoms with Gasteiger partial charge in [0.25, 0.3) is 0 Å². The first-order chi connectivity index (χ1) is 12.9. The van der Waals surface area contributed by atoms with Crippen LogP contribution in [0.5, 0.6) is 0 Å². The van der Waals surface area contributed by atoms with Gasteiger partial charge in [-0.2, -0.15) is 13.2 Å². The Morgan fingerprint density at radius 2 is 1.81 bits per heavy atom. The predicted molar refractivity (Wildman–Crippen MR) is 100 cm³/mol. The summed E-state index contributed by atoms with van der Waals surface area (Å²) >= 11 is 0. The lowest BCUT2D eigenvalue weighted by Crippen LogP contribution is -2.34. The maximum absolute atomic E-state index is 12.9. The van der Waals surface area contributed by atoms with Crippen LogP contribution in [0.15, 0.2) is 42.6 Å². The van der Waals surface area contributed by atoms with Crippen molar-refractivity contribution in [2.75, 3.05) is 0 Å². The molecule has 2 atom stereocenters. The molecule has 0 radical (unpaired) electrons. The van der Waals surface area contributed by atoms with E-state index in [2.05, 4.69) is 17.2 Å². The number of pyridine rings is 1. The molecule has 0 amide bonds. The summed E-state index contributed by atoms with van der Waals surface area (Å²) in [4.78, 5) is 4.43. The number of rotatable bonds is 4. The number of halogens is 3. The van der Waals surface area contributed by atoms with Gasteiger partial charge in [0, 0.05) is 29.8 Å². The van der Waals surface area contributed by atoms with Gasteiger partial charge in [-0.1, -0.05) is 25.1 Å². The molecule has 27 heavy (non-hydrogen) atoms. The molecular formula is C22H25F3N2. The fourth-order valence-electron chi connectivity index (χ4n) is 4.13. The van der Waals surface area contributed by atoms with Crippen LogP contribution in [0.3, 0.4) is 0 Å². The van der Waals surface area contributed by atoms with Crippen molar-refractivity contribution in [1.82, 2.24) is 10.3 Å². The molecule has 2 nitrogen and oxygen atoms in total. The van der Waals surface area contributed by atoms with Gasteiger partial charge in [-0.25, -0.2) is 0 Å². The Kier molecular flexibility index (Phi) is 4.97. The second kappa shape index (κ2) is 7.27. The first-order valence-corrected chi connectivity index (χ1v) is 9.80. The largest absolute Gasteiger partial charge is 0.416 e. The molecule has 2 aliphatic rings. The molecule has 2 unspecified atom stereocenters. The van der Waals surface area contributed by atoms with E-state index in [1.54, 1.807) is 6.07 Å². The highest BCUT2D eigenvalue weighted by atomic mass is 19.4. The van der Waals surface area contributed by atoms with E-state index in [0.29, 0.717) is 29.3 Å². The van der Waals surface area contributed by atoms with Gasteiger partial charge >= 0.3 is 6.18 Å². The van der Waals surface area contributed by atoms with E-state index in [0.717, 1.165) is 24.5 Å². The highest BCUT2D eigenvalue weighted by Gasteiger charge is 2.40. The van der Waals surface area contributed by atoms with Crippen molar-refractivity contribution in [3.63, 3.8) is 0 Å². The zero-order valence-corrected chi connectivity index (χ0v) is 15.5. The topological polar surface area (TPSA) is 24.9 Å². The van der Waals surface area contributed by atoms with Gasteiger partial charge < -0.3 is 5.32 Å². The average Bonchev–Trinajstić information content (AvgIpc) is 3.42. The van der Waals surface area contributed by atoms with Crippen LogP contribution in [0.2, 0.25) is 0 Å². The van der Waals surface area contributed by atoms with Crippen LogP contribution in [-0.4, -0.2) is 17.1 Å². The Balaban J connectivity index is 1.39. The molecule has 1 heterocycles. The van der Waals surface area contributed by atoms with Crippen molar-refractivity contribution < 1.29 is 13.2 Å². The van der Waals surface area contributed by atoms with Crippen molar-refractivity contribution in [3.8, 4) is 11.3 Å². The quantitative estimate of drug-likeness (QED) is 0.732. The fraction of sp³-hybridized carbons (Fsp3) is 0.500. The van der Waals surface area contributed by atoms with Crippen LogP contribution < -0.4 is 5.32 Å². The zero-order valence-electron chi connectivity index (χ0n) is 15.5. The van der Waals surface area contributed by atoms with Crippen LogP contribution in [0, 0.1) is 5.92 Å². The van der Waals surface area contributed by atoms with E-state index in [1.165, 1.54) is 37.3 Å². The monoisotopic (exact) mass is 374 g/mol. The zero-order chi connectivity index (χ0) is 19.0. The van der Waals surface area contributed by atoms with Crippen molar-refractivity contribution in [2.45, 2.75) is 63.2 Å². The summed E-state index contributed by atoms with van der Waals surface area (Å²) in [6.45, 7) is 2.33. The van der Waals surface area contributed by atoms with Crippen molar-refractivity contribution >= 4 is 0 Å². The van der Waals surface area contributed by atoms with E-state index in [1.807, 2.05) is 18.3 Å². The Morgan fingerprint density at radius 1 is 1.04 bits per heavy atom. The SMILES string of the molecule is CC1CCC(NC2CC2c2ccc(-c3cccc(C(F)(F)F)c3)nc2)CC1. The highest BCUT2D eigenvalue weighted by Crippen LogP contribution is 2.42. The van der Waals surface area contributed by atoms with Crippen LogP contribution >= 0.6 is 0 Å². The third-order valence-electron chi connectivity index (χ3n) is 5.96. The van der Waals surface area contributed by atoms with E-state index in [-0.39, 0.29) is 0 Å². The average molecular weight is 374 g/mol. The molecule has 2 fully saturated rings.